The highest BCUT2D eigenvalue weighted by molar-refractivity contribution is 5.32. The average Bonchev–Trinajstić information content (AvgIpc) is 2.57. The summed E-state index contributed by atoms with van der Waals surface area (Å²) in [7, 11) is 0. The smallest absolute Gasteiger partial charge is 0.0546 e. The second-order valence-corrected chi connectivity index (χ2v) is 4.51. The first-order chi connectivity index (χ1) is 6.66. The van der Waals surface area contributed by atoms with Crippen molar-refractivity contribution in [3.05, 3.63) is 34.9 Å². The number of aliphatic hydroxyl groups excluding tert-OH is 1. The Balaban J connectivity index is 2.20. The van der Waals surface area contributed by atoms with Crippen LogP contribution in [0.15, 0.2) is 18.2 Å². The number of aryl methyl sites for hydroxylation is 2. The topological polar surface area (TPSA) is 20.2 Å². The van der Waals surface area contributed by atoms with Gasteiger partial charge in [-0.25, -0.2) is 0 Å². The predicted octanol–water partition coefficient (Wildman–Crippen LogP) is 2.93. The van der Waals surface area contributed by atoms with Crippen LogP contribution in [-0.4, -0.2) is 11.2 Å². The van der Waals surface area contributed by atoms with Crippen molar-refractivity contribution in [1.82, 2.24) is 0 Å². The van der Waals surface area contributed by atoms with E-state index in [9.17, 15) is 5.11 Å². The summed E-state index contributed by atoms with van der Waals surface area (Å²) in [6, 6.07) is 6.68. The highest BCUT2D eigenvalue weighted by Gasteiger charge is 2.23. The van der Waals surface area contributed by atoms with Gasteiger partial charge in [0.05, 0.1) is 6.10 Å². The van der Waals surface area contributed by atoms with E-state index in [4.69, 9.17) is 0 Å². The van der Waals surface area contributed by atoms with Gasteiger partial charge in [-0.15, -0.1) is 0 Å². The number of hydrogen-bond donors (Lipinski definition) is 1. The van der Waals surface area contributed by atoms with Crippen molar-refractivity contribution >= 4 is 0 Å². The molecule has 1 nitrogen and oxygen atoms in total. The molecule has 0 saturated heterocycles. The Bertz CT molecular complexity index is 330. The fraction of sp³-hybridized carbons (Fsp3) is 0.538. The first-order valence-electron chi connectivity index (χ1n) is 5.42. The maximum Gasteiger partial charge on any atom is 0.0546 e. The molecular formula is C13H18O. The lowest BCUT2D eigenvalue weighted by Crippen LogP contribution is -1.99. The zero-order valence-electron chi connectivity index (χ0n) is 8.96. The van der Waals surface area contributed by atoms with E-state index in [1.807, 2.05) is 0 Å². The molecule has 1 aromatic carbocycles. The monoisotopic (exact) mass is 190 g/mol. The molecule has 1 aliphatic carbocycles. The van der Waals surface area contributed by atoms with Crippen molar-refractivity contribution in [2.45, 2.75) is 45.1 Å². The van der Waals surface area contributed by atoms with Gasteiger partial charge in [0, 0.05) is 0 Å². The van der Waals surface area contributed by atoms with Gasteiger partial charge in [-0.1, -0.05) is 18.2 Å². The van der Waals surface area contributed by atoms with Crippen LogP contribution in [0.3, 0.4) is 0 Å². The fourth-order valence-electron chi connectivity index (χ4n) is 2.28. The molecule has 76 valence electrons. The minimum atomic E-state index is -0.0680. The van der Waals surface area contributed by atoms with E-state index in [0.29, 0.717) is 5.92 Å². The van der Waals surface area contributed by atoms with Crippen LogP contribution in [0.1, 0.15) is 41.9 Å². The summed E-state index contributed by atoms with van der Waals surface area (Å²) >= 11 is 0. The largest absolute Gasteiger partial charge is 0.393 e. The summed E-state index contributed by atoms with van der Waals surface area (Å²) in [5.41, 5.74) is 4.13. The Morgan fingerprint density at radius 2 is 1.93 bits per heavy atom. The lowest BCUT2D eigenvalue weighted by Gasteiger charge is -2.11. The molecule has 0 spiro atoms. The van der Waals surface area contributed by atoms with E-state index in [0.717, 1.165) is 19.3 Å². The molecule has 0 aromatic heterocycles. The zero-order chi connectivity index (χ0) is 10.1. The van der Waals surface area contributed by atoms with Crippen LogP contribution in [0.2, 0.25) is 0 Å². The molecule has 2 rings (SSSR count). The van der Waals surface area contributed by atoms with Gasteiger partial charge in [-0.2, -0.15) is 0 Å². The van der Waals surface area contributed by atoms with Gasteiger partial charge in [0.25, 0.3) is 0 Å². The molecule has 0 aliphatic heterocycles. The molecule has 14 heavy (non-hydrogen) atoms. The second kappa shape index (κ2) is 3.74. The summed E-state index contributed by atoms with van der Waals surface area (Å²) in [4.78, 5) is 0. The van der Waals surface area contributed by atoms with Crippen molar-refractivity contribution in [1.29, 1.82) is 0 Å². The van der Waals surface area contributed by atoms with E-state index in [1.54, 1.807) is 0 Å². The number of aliphatic hydroxyl groups is 1. The summed E-state index contributed by atoms with van der Waals surface area (Å²) in [6.07, 6.45) is 2.99. The second-order valence-electron chi connectivity index (χ2n) is 4.51. The molecule has 1 heteroatoms. The van der Waals surface area contributed by atoms with Crippen molar-refractivity contribution in [2.24, 2.45) is 0 Å². The van der Waals surface area contributed by atoms with Crippen LogP contribution in [-0.2, 0) is 0 Å². The highest BCUT2D eigenvalue weighted by Crippen LogP contribution is 2.34. The van der Waals surface area contributed by atoms with E-state index in [-0.39, 0.29) is 6.10 Å². The number of rotatable bonds is 1. The van der Waals surface area contributed by atoms with Crippen LogP contribution < -0.4 is 0 Å². The van der Waals surface area contributed by atoms with E-state index in [1.165, 1.54) is 16.7 Å². The number of hydrogen-bond acceptors (Lipinski definition) is 1. The third-order valence-electron chi connectivity index (χ3n) is 3.41. The SMILES string of the molecule is Cc1ccc(C2CCC(O)C2)cc1C. The summed E-state index contributed by atoms with van der Waals surface area (Å²) in [5.74, 6) is 0.587. The molecule has 1 fully saturated rings. The summed E-state index contributed by atoms with van der Waals surface area (Å²) in [6.45, 7) is 4.30. The Morgan fingerprint density at radius 3 is 2.50 bits per heavy atom. The Kier molecular flexibility index (Phi) is 2.60. The number of benzene rings is 1. The van der Waals surface area contributed by atoms with E-state index >= 15 is 0 Å². The molecule has 1 aromatic rings. The van der Waals surface area contributed by atoms with Crippen molar-refractivity contribution < 1.29 is 5.11 Å². The van der Waals surface area contributed by atoms with E-state index in [2.05, 4.69) is 32.0 Å². The van der Waals surface area contributed by atoms with Gasteiger partial charge in [0.2, 0.25) is 0 Å². The van der Waals surface area contributed by atoms with Gasteiger partial charge >= 0.3 is 0 Å². The lowest BCUT2D eigenvalue weighted by atomic mass is 9.94. The predicted molar refractivity (Wildman–Crippen MR) is 58.5 cm³/mol. The average molecular weight is 190 g/mol. The van der Waals surface area contributed by atoms with Gasteiger partial charge < -0.3 is 5.11 Å². The van der Waals surface area contributed by atoms with Crippen LogP contribution in [0.25, 0.3) is 0 Å². The molecule has 1 N–H and O–H groups in total. The van der Waals surface area contributed by atoms with Crippen LogP contribution >= 0.6 is 0 Å². The van der Waals surface area contributed by atoms with E-state index < -0.39 is 0 Å². The van der Waals surface area contributed by atoms with Crippen LogP contribution in [0, 0.1) is 13.8 Å². The summed E-state index contributed by atoms with van der Waals surface area (Å²) < 4.78 is 0. The normalized spacial score (nSPS) is 26.8. The van der Waals surface area contributed by atoms with Gasteiger partial charge in [0.15, 0.2) is 0 Å². The highest BCUT2D eigenvalue weighted by atomic mass is 16.3. The Labute approximate surface area is 85.8 Å². The molecule has 0 radical (unpaired) electrons. The van der Waals surface area contributed by atoms with Crippen LogP contribution in [0.4, 0.5) is 0 Å². The van der Waals surface area contributed by atoms with Crippen molar-refractivity contribution in [3.63, 3.8) is 0 Å². The minimum Gasteiger partial charge on any atom is -0.393 e. The molecule has 1 saturated carbocycles. The lowest BCUT2D eigenvalue weighted by molar-refractivity contribution is 0.181. The molecular weight excluding hydrogens is 172 g/mol. The molecule has 0 bridgehead atoms. The van der Waals surface area contributed by atoms with Gasteiger partial charge in [-0.3, -0.25) is 0 Å². The zero-order valence-corrected chi connectivity index (χ0v) is 8.96. The standard InChI is InChI=1S/C13H18O/c1-9-3-4-11(7-10(9)2)12-5-6-13(14)8-12/h3-4,7,12-14H,5-6,8H2,1-2H3. The molecule has 0 amide bonds. The maximum atomic E-state index is 9.48. The molecule has 2 unspecified atom stereocenters. The first kappa shape index (κ1) is 9.72. The van der Waals surface area contributed by atoms with Crippen LogP contribution in [0.5, 0.6) is 0 Å². The molecule has 0 heterocycles. The third-order valence-corrected chi connectivity index (χ3v) is 3.41. The van der Waals surface area contributed by atoms with Crippen molar-refractivity contribution in [3.8, 4) is 0 Å². The minimum absolute atomic E-state index is 0.0680. The van der Waals surface area contributed by atoms with Gasteiger partial charge in [-0.05, 0) is 55.7 Å². The van der Waals surface area contributed by atoms with Crippen molar-refractivity contribution in [2.75, 3.05) is 0 Å². The maximum absolute atomic E-state index is 9.48. The Morgan fingerprint density at radius 1 is 1.14 bits per heavy atom. The third kappa shape index (κ3) is 1.83. The quantitative estimate of drug-likeness (QED) is 0.722. The molecule has 1 aliphatic rings. The Hall–Kier alpha value is -0.820. The summed E-state index contributed by atoms with van der Waals surface area (Å²) in [5, 5.41) is 9.48. The fourth-order valence-corrected chi connectivity index (χ4v) is 2.28. The first-order valence-corrected chi connectivity index (χ1v) is 5.42. The molecule has 2 atom stereocenters. The van der Waals surface area contributed by atoms with Gasteiger partial charge in [0.1, 0.15) is 0 Å².